The van der Waals surface area contributed by atoms with Crippen LogP contribution in [0, 0.1) is 0 Å². The van der Waals surface area contributed by atoms with E-state index in [0.717, 1.165) is 32.1 Å². The maximum Gasteiger partial charge on any atom is 0.220 e. The van der Waals surface area contributed by atoms with Gasteiger partial charge in [0.25, 0.3) is 0 Å². The van der Waals surface area contributed by atoms with Crippen LogP contribution in [0.1, 0.15) is 45.4 Å². The first kappa shape index (κ1) is 13.5. The van der Waals surface area contributed by atoms with Crippen molar-refractivity contribution in [3.05, 3.63) is 0 Å². The van der Waals surface area contributed by atoms with Crippen LogP contribution in [0.4, 0.5) is 0 Å². The molecule has 4 heteroatoms. The predicted octanol–water partition coefficient (Wildman–Crippen LogP) is 1.83. The van der Waals surface area contributed by atoms with E-state index in [9.17, 15) is 4.79 Å². The largest absolute Gasteiger partial charge is 0.353 e. The molecule has 1 aliphatic rings. The Hall–Kier alpha value is -0.610. The summed E-state index contributed by atoms with van der Waals surface area (Å²) in [5, 5.41) is 2.98. The van der Waals surface area contributed by atoms with Crippen LogP contribution >= 0.6 is 0 Å². The molecule has 0 aromatic carbocycles. The Labute approximate surface area is 97.7 Å². The van der Waals surface area contributed by atoms with Crippen molar-refractivity contribution < 1.29 is 14.3 Å². The van der Waals surface area contributed by atoms with Crippen LogP contribution in [-0.4, -0.2) is 32.0 Å². The summed E-state index contributed by atoms with van der Waals surface area (Å²) in [5.41, 5.74) is 0. The van der Waals surface area contributed by atoms with Crippen molar-refractivity contribution in [2.45, 2.75) is 57.3 Å². The van der Waals surface area contributed by atoms with Gasteiger partial charge in [-0.05, 0) is 26.2 Å². The molecule has 1 aliphatic heterocycles. The molecule has 0 bridgehead atoms. The minimum absolute atomic E-state index is 0.198. The van der Waals surface area contributed by atoms with Gasteiger partial charge in [0.2, 0.25) is 5.91 Å². The van der Waals surface area contributed by atoms with Gasteiger partial charge >= 0.3 is 0 Å². The molecule has 0 aromatic heterocycles. The van der Waals surface area contributed by atoms with Gasteiger partial charge in [-0.3, -0.25) is 4.79 Å². The van der Waals surface area contributed by atoms with Gasteiger partial charge in [-0.1, -0.05) is 6.42 Å². The van der Waals surface area contributed by atoms with E-state index < -0.39 is 5.79 Å². The molecule has 0 spiro atoms. The van der Waals surface area contributed by atoms with Gasteiger partial charge < -0.3 is 14.8 Å². The monoisotopic (exact) mass is 229 g/mol. The van der Waals surface area contributed by atoms with Crippen molar-refractivity contribution in [3.63, 3.8) is 0 Å². The maximum atomic E-state index is 11.0. The molecule has 1 fully saturated rings. The lowest BCUT2D eigenvalue weighted by Gasteiger charge is -2.26. The number of amides is 1. The second-order valence-electron chi connectivity index (χ2n) is 4.59. The highest BCUT2D eigenvalue weighted by Crippen LogP contribution is 2.20. The molecule has 16 heavy (non-hydrogen) atoms. The van der Waals surface area contributed by atoms with Gasteiger partial charge in [0, 0.05) is 33.1 Å². The SMILES string of the molecule is COC(C)(CCCCC1CCC(=O)N1)OC. The van der Waals surface area contributed by atoms with Crippen molar-refractivity contribution in [1.82, 2.24) is 5.32 Å². The van der Waals surface area contributed by atoms with Crippen molar-refractivity contribution >= 4 is 5.91 Å². The van der Waals surface area contributed by atoms with Gasteiger partial charge in [-0.25, -0.2) is 0 Å². The van der Waals surface area contributed by atoms with Crippen molar-refractivity contribution in [2.24, 2.45) is 0 Å². The molecule has 94 valence electrons. The summed E-state index contributed by atoms with van der Waals surface area (Å²) < 4.78 is 10.6. The summed E-state index contributed by atoms with van der Waals surface area (Å²) in [5.74, 6) is -0.262. The second kappa shape index (κ2) is 6.21. The first-order valence-electron chi connectivity index (χ1n) is 5.99. The molecule has 1 saturated heterocycles. The summed E-state index contributed by atoms with van der Waals surface area (Å²) in [6, 6.07) is 0.392. The highest BCUT2D eigenvalue weighted by atomic mass is 16.7. The number of hydrogen-bond donors (Lipinski definition) is 1. The predicted molar refractivity (Wildman–Crippen MR) is 62.1 cm³/mol. The van der Waals surface area contributed by atoms with Gasteiger partial charge in [0.15, 0.2) is 5.79 Å². The fourth-order valence-corrected chi connectivity index (χ4v) is 2.02. The summed E-state index contributed by atoms with van der Waals surface area (Å²) in [7, 11) is 3.33. The molecule has 1 amide bonds. The van der Waals surface area contributed by atoms with E-state index in [0.29, 0.717) is 12.5 Å². The summed E-state index contributed by atoms with van der Waals surface area (Å²) in [6.45, 7) is 1.95. The Morgan fingerprint density at radius 2 is 2.06 bits per heavy atom. The summed E-state index contributed by atoms with van der Waals surface area (Å²) in [4.78, 5) is 11.0. The van der Waals surface area contributed by atoms with Crippen LogP contribution < -0.4 is 5.32 Å². The first-order valence-corrected chi connectivity index (χ1v) is 5.99. The Morgan fingerprint density at radius 3 is 2.56 bits per heavy atom. The third kappa shape index (κ3) is 4.10. The zero-order chi connectivity index (χ0) is 12.0. The lowest BCUT2D eigenvalue weighted by molar-refractivity contribution is -0.197. The van der Waals surface area contributed by atoms with Crippen molar-refractivity contribution in [3.8, 4) is 0 Å². The van der Waals surface area contributed by atoms with Crippen LogP contribution in [-0.2, 0) is 14.3 Å². The second-order valence-corrected chi connectivity index (χ2v) is 4.59. The quantitative estimate of drug-likeness (QED) is 0.535. The number of ether oxygens (including phenoxy) is 2. The molecular weight excluding hydrogens is 206 g/mol. The Bertz CT molecular complexity index is 226. The highest BCUT2D eigenvalue weighted by molar-refractivity contribution is 5.78. The summed E-state index contributed by atoms with van der Waals surface area (Å²) >= 11 is 0. The van der Waals surface area contributed by atoms with Crippen molar-refractivity contribution in [1.29, 1.82) is 0 Å². The molecule has 1 heterocycles. The summed E-state index contributed by atoms with van der Waals surface area (Å²) in [6.07, 6.45) is 5.80. The number of carbonyl (C=O) groups is 1. The standard InChI is InChI=1S/C12H23NO3/c1-12(15-2,16-3)9-5-4-6-10-7-8-11(14)13-10/h10H,4-9H2,1-3H3,(H,13,14). The van der Waals surface area contributed by atoms with Crippen LogP contribution in [0.15, 0.2) is 0 Å². The Balaban J connectivity index is 2.09. The third-order valence-electron chi connectivity index (χ3n) is 3.38. The topological polar surface area (TPSA) is 47.6 Å². The molecule has 1 unspecified atom stereocenters. The van der Waals surface area contributed by atoms with Gasteiger partial charge in [-0.15, -0.1) is 0 Å². The molecule has 0 aliphatic carbocycles. The fraction of sp³-hybridized carbons (Fsp3) is 0.917. The van der Waals surface area contributed by atoms with Crippen LogP contribution in [0.5, 0.6) is 0 Å². The van der Waals surface area contributed by atoms with Crippen molar-refractivity contribution in [2.75, 3.05) is 14.2 Å². The van der Waals surface area contributed by atoms with E-state index in [1.807, 2.05) is 6.92 Å². The van der Waals surface area contributed by atoms with Gasteiger partial charge in [-0.2, -0.15) is 0 Å². The van der Waals surface area contributed by atoms with E-state index >= 15 is 0 Å². The lowest BCUT2D eigenvalue weighted by atomic mass is 10.0. The van der Waals surface area contributed by atoms with Crippen LogP contribution in [0.25, 0.3) is 0 Å². The van der Waals surface area contributed by atoms with Gasteiger partial charge in [0.05, 0.1) is 0 Å². The lowest BCUT2D eigenvalue weighted by Crippen LogP contribution is -2.29. The molecule has 1 N–H and O–H groups in total. The van der Waals surface area contributed by atoms with E-state index in [2.05, 4.69) is 5.32 Å². The third-order valence-corrected chi connectivity index (χ3v) is 3.38. The zero-order valence-corrected chi connectivity index (χ0v) is 10.5. The molecule has 1 rings (SSSR count). The Morgan fingerprint density at radius 1 is 1.38 bits per heavy atom. The Kier molecular flexibility index (Phi) is 5.22. The zero-order valence-electron chi connectivity index (χ0n) is 10.5. The normalized spacial score (nSPS) is 21.2. The number of unbranched alkanes of at least 4 members (excludes halogenated alkanes) is 1. The van der Waals surface area contributed by atoms with E-state index in [1.54, 1.807) is 14.2 Å². The van der Waals surface area contributed by atoms with E-state index in [4.69, 9.17) is 9.47 Å². The number of nitrogens with one attached hydrogen (secondary N) is 1. The van der Waals surface area contributed by atoms with Crippen LogP contribution in [0.3, 0.4) is 0 Å². The average Bonchev–Trinajstić information content (AvgIpc) is 2.70. The minimum Gasteiger partial charge on any atom is -0.353 e. The van der Waals surface area contributed by atoms with Crippen LogP contribution in [0.2, 0.25) is 0 Å². The molecule has 0 radical (unpaired) electrons. The highest BCUT2D eigenvalue weighted by Gasteiger charge is 2.23. The smallest absolute Gasteiger partial charge is 0.220 e. The number of methoxy groups -OCH3 is 2. The fourth-order valence-electron chi connectivity index (χ4n) is 2.02. The molecular formula is C12H23NO3. The number of hydrogen-bond acceptors (Lipinski definition) is 3. The maximum absolute atomic E-state index is 11.0. The van der Waals surface area contributed by atoms with E-state index in [1.165, 1.54) is 0 Å². The number of rotatable bonds is 7. The molecule has 0 aromatic rings. The van der Waals surface area contributed by atoms with E-state index in [-0.39, 0.29) is 5.91 Å². The molecule has 1 atom stereocenters. The minimum atomic E-state index is -0.459. The van der Waals surface area contributed by atoms with Gasteiger partial charge in [0.1, 0.15) is 0 Å². The number of carbonyl (C=O) groups excluding carboxylic acids is 1. The molecule has 4 nitrogen and oxygen atoms in total. The molecule has 0 saturated carbocycles. The first-order chi connectivity index (χ1) is 7.59. The average molecular weight is 229 g/mol.